The van der Waals surface area contributed by atoms with Crippen molar-refractivity contribution in [3.05, 3.63) is 62.1 Å². The number of hydrogen-bond donors (Lipinski definition) is 0. The topological polar surface area (TPSA) is 65.8 Å². The minimum absolute atomic E-state index is 0.0961. The molecule has 1 heterocycles. The third-order valence-corrected chi connectivity index (χ3v) is 4.16. The van der Waals surface area contributed by atoms with E-state index in [2.05, 4.69) is 10.0 Å². The molecule has 0 spiro atoms. The first kappa shape index (κ1) is 12.0. The van der Waals surface area contributed by atoms with Crippen LogP contribution in [0.4, 0.5) is 5.69 Å². The Morgan fingerprint density at radius 2 is 1.79 bits per heavy atom. The first-order valence-corrected chi connectivity index (χ1v) is 6.60. The largest absolute Gasteiger partial charge is 0.289 e. The molecule has 0 aliphatic rings. The van der Waals surface area contributed by atoms with Gasteiger partial charge >= 0.3 is 0 Å². The maximum absolute atomic E-state index is 12.4. The van der Waals surface area contributed by atoms with Crippen molar-refractivity contribution in [2.24, 2.45) is 5.11 Å². The first-order chi connectivity index (χ1) is 9.19. The van der Waals surface area contributed by atoms with Gasteiger partial charge in [0.25, 0.3) is 0 Å². The van der Waals surface area contributed by atoms with Crippen LogP contribution in [0, 0.1) is 0 Å². The van der Waals surface area contributed by atoms with Crippen LogP contribution in [0.3, 0.4) is 0 Å². The van der Waals surface area contributed by atoms with Crippen molar-refractivity contribution in [3.8, 4) is 0 Å². The number of azide groups is 1. The molecule has 0 unspecified atom stereocenters. The number of hydrogen-bond acceptors (Lipinski definition) is 3. The Bertz CT molecular complexity index is 913. The Morgan fingerprint density at radius 3 is 2.53 bits per heavy atom. The van der Waals surface area contributed by atoms with Crippen molar-refractivity contribution in [1.82, 2.24) is 0 Å². The van der Waals surface area contributed by atoms with Crippen LogP contribution in [0.25, 0.3) is 30.6 Å². The van der Waals surface area contributed by atoms with E-state index in [1.165, 1.54) is 11.3 Å². The molecule has 0 bridgehead atoms. The molecule has 0 radical (unpaired) electrons. The maximum atomic E-state index is 12.4. The van der Waals surface area contributed by atoms with Gasteiger partial charge in [0.05, 0.1) is 0 Å². The number of benzene rings is 2. The predicted molar refractivity (Wildman–Crippen MR) is 79.4 cm³/mol. The molecular weight excluding hydrogens is 282 g/mol. The third-order valence-electron chi connectivity index (χ3n) is 2.77. The number of fused-ring (bicyclic) bond motifs is 2. The zero-order chi connectivity index (χ0) is 13.4. The van der Waals surface area contributed by atoms with Crippen LogP contribution in [-0.4, -0.2) is 0 Å². The maximum Gasteiger partial charge on any atom is 0.195 e. The molecule has 2 aromatic carbocycles. The van der Waals surface area contributed by atoms with Crippen LogP contribution in [-0.2, 0) is 0 Å². The van der Waals surface area contributed by atoms with Crippen LogP contribution in [0.1, 0.15) is 0 Å². The molecule has 0 saturated heterocycles. The molecule has 92 valence electrons. The van der Waals surface area contributed by atoms with E-state index < -0.39 is 0 Å². The van der Waals surface area contributed by atoms with Crippen LogP contribution >= 0.6 is 22.9 Å². The van der Waals surface area contributed by atoms with Crippen molar-refractivity contribution in [1.29, 1.82) is 0 Å². The van der Waals surface area contributed by atoms with Crippen LogP contribution in [0.15, 0.2) is 46.3 Å². The van der Waals surface area contributed by atoms with Crippen LogP contribution < -0.4 is 5.43 Å². The lowest BCUT2D eigenvalue weighted by molar-refractivity contribution is 1.50. The smallest absolute Gasteiger partial charge is 0.195 e. The van der Waals surface area contributed by atoms with Gasteiger partial charge in [-0.1, -0.05) is 22.8 Å². The summed E-state index contributed by atoms with van der Waals surface area (Å²) >= 11 is 7.43. The summed E-state index contributed by atoms with van der Waals surface area (Å²) < 4.78 is 1.75. The minimum atomic E-state index is -0.0961. The fourth-order valence-electron chi connectivity index (χ4n) is 1.93. The molecule has 0 saturated carbocycles. The van der Waals surface area contributed by atoms with Gasteiger partial charge in [-0.25, -0.2) is 0 Å². The fourth-order valence-corrected chi connectivity index (χ4v) is 3.13. The van der Waals surface area contributed by atoms with Gasteiger partial charge < -0.3 is 0 Å². The van der Waals surface area contributed by atoms with Gasteiger partial charge in [-0.15, -0.1) is 11.3 Å². The molecule has 6 heteroatoms. The first-order valence-electron chi connectivity index (χ1n) is 5.40. The summed E-state index contributed by atoms with van der Waals surface area (Å²) in [5.41, 5.74) is 8.77. The lowest BCUT2D eigenvalue weighted by Crippen LogP contribution is -2.00. The summed E-state index contributed by atoms with van der Waals surface area (Å²) in [5.74, 6) is 0. The average molecular weight is 288 g/mol. The van der Waals surface area contributed by atoms with E-state index in [1.807, 2.05) is 6.07 Å². The van der Waals surface area contributed by atoms with Gasteiger partial charge in [-0.2, -0.15) is 0 Å². The Balaban J connectivity index is 2.48. The Labute approximate surface area is 116 Å². The Hall–Kier alpha value is -2.07. The molecule has 0 aliphatic heterocycles. The zero-order valence-electron chi connectivity index (χ0n) is 9.50. The third kappa shape index (κ3) is 2.04. The summed E-state index contributed by atoms with van der Waals surface area (Å²) in [7, 11) is 0. The molecule has 1 aromatic heterocycles. The molecule has 0 amide bonds. The van der Waals surface area contributed by atoms with Gasteiger partial charge in [0, 0.05) is 35.8 Å². The van der Waals surface area contributed by atoms with Crippen molar-refractivity contribution in [3.63, 3.8) is 0 Å². The van der Waals surface area contributed by atoms with E-state index in [0.29, 0.717) is 21.5 Å². The van der Waals surface area contributed by atoms with Crippen molar-refractivity contribution < 1.29 is 0 Å². The second-order valence-electron chi connectivity index (χ2n) is 3.94. The lowest BCUT2D eigenvalue weighted by atomic mass is 10.2. The molecule has 0 fully saturated rings. The molecule has 0 aliphatic carbocycles. The van der Waals surface area contributed by atoms with Crippen LogP contribution in [0.5, 0.6) is 0 Å². The molecule has 4 nitrogen and oxygen atoms in total. The average Bonchev–Trinajstić information content (AvgIpc) is 2.41. The highest BCUT2D eigenvalue weighted by Crippen LogP contribution is 2.28. The number of nitrogens with zero attached hydrogens (tertiary/aromatic N) is 3. The van der Waals surface area contributed by atoms with E-state index in [9.17, 15) is 4.79 Å². The quantitative estimate of drug-likeness (QED) is 0.268. The van der Waals surface area contributed by atoms with E-state index in [1.54, 1.807) is 30.3 Å². The standard InChI is InChI=1S/C13H6ClN3OS/c14-7-1-3-11-9(5-7)13(18)10-6-8(16-17-15)2-4-12(10)19-11/h1-6H. The molecule has 19 heavy (non-hydrogen) atoms. The van der Waals surface area contributed by atoms with E-state index in [4.69, 9.17) is 17.1 Å². The van der Waals surface area contributed by atoms with E-state index >= 15 is 0 Å². The summed E-state index contributed by atoms with van der Waals surface area (Å²) in [6, 6.07) is 10.4. The van der Waals surface area contributed by atoms with Gasteiger partial charge in [-0.3, -0.25) is 4.79 Å². The molecule has 0 N–H and O–H groups in total. The molecule has 0 atom stereocenters. The minimum Gasteiger partial charge on any atom is -0.289 e. The normalized spacial score (nSPS) is 10.6. The fraction of sp³-hybridized carbons (Fsp3) is 0. The monoisotopic (exact) mass is 287 g/mol. The highest BCUT2D eigenvalue weighted by molar-refractivity contribution is 7.24. The van der Waals surface area contributed by atoms with Crippen molar-refractivity contribution in [2.45, 2.75) is 0 Å². The molecule has 3 rings (SSSR count). The van der Waals surface area contributed by atoms with E-state index in [0.717, 1.165) is 9.40 Å². The van der Waals surface area contributed by atoms with Gasteiger partial charge in [0.1, 0.15) is 0 Å². The summed E-state index contributed by atoms with van der Waals surface area (Å²) in [6.07, 6.45) is 0. The SMILES string of the molecule is [N-]=[N+]=Nc1ccc2sc3ccc(Cl)cc3c(=O)c2c1. The van der Waals surface area contributed by atoms with Crippen molar-refractivity contribution >= 4 is 48.8 Å². The van der Waals surface area contributed by atoms with Gasteiger partial charge in [0.2, 0.25) is 0 Å². The van der Waals surface area contributed by atoms with Crippen LogP contribution in [0.2, 0.25) is 5.02 Å². The summed E-state index contributed by atoms with van der Waals surface area (Å²) in [6.45, 7) is 0. The lowest BCUT2D eigenvalue weighted by Gasteiger charge is -2.02. The summed E-state index contributed by atoms with van der Waals surface area (Å²) in [5, 5.41) is 5.18. The number of halogens is 1. The van der Waals surface area contributed by atoms with E-state index in [-0.39, 0.29) is 5.43 Å². The second kappa shape index (κ2) is 4.55. The summed E-state index contributed by atoms with van der Waals surface area (Å²) in [4.78, 5) is 15.1. The molecule has 3 aromatic rings. The highest BCUT2D eigenvalue weighted by Gasteiger charge is 2.07. The zero-order valence-corrected chi connectivity index (χ0v) is 11.1. The highest BCUT2D eigenvalue weighted by atomic mass is 35.5. The molecular formula is C13H6ClN3OS. The van der Waals surface area contributed by atoms with Crippen molar-refractivity contribution in [2.75, 3.05) is 0 Å². The predicted octanol–water partition coefficient (Wildman–Crippen LogP) is 5.01. The number of rotatable bonds is 1. The van der Waals surface area contributed by atoms with Gasteiger partial charge in [0.15, 0.2) is 5.43 Å². The van der Waals surface area contributed by atoms with Gasteiger partial charge in [-0.05, 0) is 35.9 Å². The second-order valence-corrected chi connectivity index (χ2v) is 5.46. The Kier molecular flexibility index (Phi) is 2.87. The Morgan fingerprint density at radius 1 is 1.11 bits per heavy atom.